The van der Waals surface area contributed by atoms with Gasteiger partial charge in [0.2, 0.25) is 5.91 Å². The number of hydrogen-bond donors (Lipinski definition) is 2. The Balaban J connectivity index is 2.16. The summed E-state index contributed by atoms with van der Waals surface area (Å²) in [6.45, 7) is 0.337. The quantitative estimate of drug-likeness (QED) is 0.865. The molecule has 1 aromatic rings. The van der Waals surface area contributed by atoms with Crippen molar-refractivity contribution < 1.29 is 9.18 Å². The molecule has 0 aliphatic carbocycles. The van der Waals surface area contributed by atoms with Gasteiger partial charge in [-0.3, -0.25) is 4.79 Å². The molecule has 1 atom stereocenters. The Morgan fingerprint density at radius 2 is 2.41 bits per heavy atom. The fourth-order valence-corrected chi connectivity index (χ4v) is 3.02. The first-order valence-corrected chi connectivity index (χ1v) is 6.61. The molecular formula is C12H15FN2OS. The number of amides is 1. The predicted molar refractivity (Wildman–Crippen MR) is 66.3 cm³/mol. The van der Waals surface area contributed by atoms with E-state index < -0.39 is 0 Å². The maximum Gasteiger partial charge on any atom is 0.221 e. The average Bonchev–Trinajstić information content (AvgIpc) is 2.30. The fraction of sp³-hybridized carbons (Fsp3) is 0.417. The molecule has 0 spiro atoms. The predicted octanol–water partition coefficient (Wildman–Crippen LogP) is 1.83. The number of thioether (sulfide) groups is 1. The number of nitrogens with one attached hydrogen (secondary N) is 1. The van der Waals surface area contributed by atoms with Gasteiger partial charge in [-0.15, -0.1) is 11.8 Å². The fourth-order valence-electron chi connectivity index (χ4n) is 1.91. The first-order chi connectivity index (χ1) is 8.20. The van der Waals surface area contributed by atoms with E-state index >= 15 is 0 Å². The van der Waals surface area contributed by atoms with Crippen LogP contribution in [0.3, 0.4) is 0 Å². The number of halogens is 1. The molecule has 2 rings (SSSR count). The van der Waals surface area contributed by atoms with E-state index in [9.17, 15) is 9.18 Å². The molecule has 3 nitrogen and oxygen atoms in total. The van der Waals surface area contributed by atoms with Crippen LogP contribution < -0.4 is 11.1 Å². The Morgan fingerprint density at radius 3 is 3.18 bits per heavy atom. The van der Waals surface area contributed by atoms with Crippen molar-refractivity contribution in [3.63, 3.8) is 0 Å². The minimum Gasteiger partial charge on any atom is -0.349 e. The molecule has 0 saturated carbocycles. The third kappa shape index (κ3) is 2.98. The highest BCUT2D eigenvalue weighted by molar-refractivity contribution is 7.99. The highest BCUT2D eigenvalue weighted by Crippen LogP contribution is 2.36. The number of carbonyl (C=O) groups excluding carboxylic acids is 1. The van der Waals surface area contributed by atoms with Crippen molar-refractivity contribution in [2.45, 2.75) is 23.8 Å². The summed E-state index contributed by atoms with van der Waals surface area (Å²) < 4.78 is 13.2. The van der Waals surface area contributed by atoms with Crippen molar-refractivity contribution in [2.75, 3.05) is 12.3 Å². The van der Waals surface area contributed by atoms with Crippen LogP contribution in [0.5, 0.6) is 0 Å². The van der Waals surface area contributed by atoms with E-state index in [0.29, 0.717) is 13.0 Å². The lowest BCUT2D eigenvalue weighted by atomic mass is 10.0. The third-order valence-corrected chi connectivity index (χ3v) is 3.84. The van der Waals surface area contributed by atoms with Gasteiger partial charge in [0.05, 0.1) is 6.04 Å². The average molecular weight is 254 g/mol. The molecule has 0 fully saturated rings. The molecule has 1 heterocycles. The summed E-state index contributed by atoms with van der Waals surface area (Å²) in [4.78, 5) is 12.6. The molecule has 0 aromatic heterocycles. The minimum absolute atomic E-state index is 0.0698. The second kappa shape index (κ2) is 5.51. The number of fused-ring (bicyclic) bond motifs is 1. The van der Waals surface area contributed by atoms with Crippen molar-refractivity contribution in [3.8, 4) is 0 Å². The van der Waals surface area contributed by atoms with Crippen LogP contribution in [0.2, 0.25) is 0 Å². The lowest BCUT2D eigenvalue weighted by molar-refractivity contribution is -0.121. The molecule has 0 bridgehead atoms. The summed E-state index contributed by atoms with van der Waals surface area (Å²) in [7, 11) is 0. The van der Waals surface area contributed by atoms with Crippen molar-refractivity contribution >= 4 is 17.7 Å². The Labute approximate surface area is 104 Å². The van der Waals surface area contributed by atoms with Crippen LogP contribution >= 0.6 is 11.8 Å². The molecule has 3 N–H and O–H groups in total. The second-order valence-corrected chi connectivity index (χ2v) is 5.11. The van der Waals surface area contributed by atoms with E-state index in [4.69, 9.17) is 5.73 Å². The van der Waals surface area contributed by atoms with Gasteiger partial charge in [0, 0.05) is 23.6 Å². The third-order valence-electron chi connectivity index (χ3n) is 2.72. The minimum atomic E-state index is -0.260. The molecule has 1 aliphatic rings. The number of rotatable bonds is 3. The summed E-state index contributed by atoms with van der Waals surface area (Å²) in [5, 5.41) is 2.90. The molecule has 1 aliphatic heterocycles. The maximum atomic E-state index is 13.2. The standard InChI is InChI=1S/C12H15FN2OS/c13-8-1-2-11-9(7-8)10(4-6-17-11)15-12(16)3-5-14/h1-2,7,10H,3-6,14H2,(H,15,16). The summed E-state index contributed by atoms with van der Waals surface area (Å²) in [5.74, 6) is 0.607. The van der Waals surface area contributed by atoms with Gasteiger partial charge < -0.3 is 11.1 Å². The van der Waals surface area contributed by atoms with Gasteiger partial charge in [-0.25, -0.2) is 4.39 Å². The van der Waals surface area contributed by atoms with Gasteiger partial charge in [0.25, 0.3) is 0 Å². The zero-order valence-electron chi connectivity index (χ0n) is 9.41. The van der Waals surface area contributed by atoms with Crippen molar-refractivity contribution in [1.82, 2.24) is 5.32 Å². The van der Waals surface area contributed by atoms with Gasteiger partial charge in [0.15, 0.2) is 0 Å². The number of carbonyl (C=O) groups is 1. The molecule has 17 heavy (non-hydrogen) atoms. The monoisotopic (exact) mass is 254 g/mol. The Hall–Kier alpha value is -1.07. The van der Waals surface area contributed by atoms with Gasteiger partial charge in [-0.05, 0) is 30.2 Å². The van der Waals surface area contributed by atoms with E-state index in [1.807, 2.05) is 0 Å². The number of benzene rings is 1. The van der Waals surface area contributed by atoms with E-state index in [1.165, 1.54) is 12.1 Å². The largest absolute Gasteiger partial charge is 0.349 e. The number of hydrogen-bond acceptors (Lipinski definition) is 3. The van der Waals surface area contributed by atoms with Crippen LogP contribution in [0.25, 0.3) is 0 Å². The van der Waals surface area contributed by atoms with E-state index in [0.717, 1.165) is 22.6 Å². The Kier molecular flexibility index (Phi) is 4.02. The van der Waals surface area contributed by atoms with Gasteiger partial charge in [-0.1, -0.05) is 0 Å². The highest BCUT2D eigenvalue weighted by atomic mass is 32.2. The highest BCUT2D eigenvalue weighted by Gasteiger charge is 2.22. The first-order valence-electron chi connectivity index (χ1n) is 5.62. The van der Waals surface area contributed by atoms with Crippen molar-refractivity contribution in [1.29, 1.82) is 0 Å². The summed E-state index contributed by atoms with van der Waals surface area (Å²) in [6, 6.07) is 4.66. The van der Waals surface area contributed by atoms with Crippen LogP contribution in [0.4, 0.5) is 4.39 Å². The molecule has 0 radical (unpaired) electrons. The molecule has 1 unspecified atom stereocenters. The first kappa shape index (κ1) is 12.4. The SMILES string of the molecule is NCCC(=O)NC1CCSc2ccc(F)cc21. The topological polar surface area (TPSA) is 55.1 Å². The second-order valence-electron chi connectivity index (χ2n) is 3.98. The van der Waals surface area contributed by atoms with Gasteiger partial charge in [-0.2, -0.15) is 0 Å². The molecular weight excluding hydrogens is 239 g/mol. The smallest absolute Gasteiger partial charge is 0.221 e. The van der Waals surface area contributed by atoms with E-state index in [2.05, 4.69) is 5.32 Å². The molecule has 0 saturated heterocycles. The Bertz CT molecular complexity index is 425. The lowest BCUT2D eigenvalue weighted by Crippen LogP contribution is -2.31. The molecule has 5 heteroatoms. The van der Waals surface area contributed by atoms with Gasteiger partial charge in [0.1, 0.15) is 5.82 Å². The van der Waals surface area contributed by atoms with Crippen molar-refractivity contribution in [3.05, 3.63) is 29.6 Å². The van der Waals surface area contributed by atoms with Crippen molar-refractivity contribution in [2.24, 2.45) is 5.73 Å². The number of nitrogens with two attached hydrogens (primary N) is 1. The van der Waals surface area contributed by atoms with Gasteiger partial charge >= 0.3 is 0 Å². The zero-order valence-corrected chi connectivity index (χ0v) is 10.2. The molecule has 1 aromatic carbocycles. The van der Waals surface area contributed by atoms with Crippen LogP contribution in [-0.2, 0) is 4.79 Å². The molecule has 1 amide bonds. The normalized spacial score (nSPS) is 18.6. The summed E-state index contributed by atoms with van der Waals surface area (Å²) >= 11 is 1.70. The zero-order chi connectivity index (χ0) is 12.3. The molecule has 92 valence electrons. The summed E-state index contributed by atoms with van der Waals surface area (Å²) in [5.41, 5.74) is 6.21. The summed E-state index contributed by atoms with van der Waals surface area (Å²) in [6.07, 6.45) is 1.14. The van der Waals surface area contributed by atoms with Crippen LogP contribution in [0, 0.1) is 5.82 Å². The van der Waals surface area contributed by atoms with Crippen LogP contribution in [0.1, 0.15) is 24.4 Å². The van der Waals surface area contributed by atoms with E-state index in [-0.39, 0.29) is 17.8 Å². The lowest BCUT2D eigenvalue weighted by Gasteiger charge is -2.25. The van der Waals surface area contributed by atoms with E-state index in [1.54, 1.807) is 17.8 Å². The van der Waals surface area contributed by atoms with Crippen LogP contribution in [-0.4, -0.2) is 18.2 Å². The Morgan fingerprint density at radius 1 is 1.59 bits per heavy atom. The van der Waals surface area contributed by atoms with Crippen LogP contribution in [0.15, 0.2) is 23.1 Å². The maximum absolute atomic E-state index is 13.2.